The first-order valence-electron chi connectivity index (χ1n) is 3.30. The van der Waals surface area contributed by atoms with E-state index in [0.29, 0.717) is 5.56 Å². The third kappa shape index (κ3) is 3.00. The zero-order valence-corrected chi connectivity index (χ0v) is 7.36. The molecule has 0 heterocycles. The van der Waals surface area contributed by atoms with Crippen molar-refractivity contribution in [1.82, 2.24) is 0 Å². The van der Waals surface area contributed by atoms with Crippen molar-refractivity contribution in [3.63, 3.8) is 0 Å². The van der Waals surface area contributed by atoms with Gasteiger partial charge in [-0.05, 0) is 29.8 Å². The van der Waals surface area contributed by atoms with Gasteiger partial charge in [0.25, 0.3) is 0 Å². The van der Waals surface area contributed by atoms with E-state index in [9.17, 15) is 12.8 Å². The summed E-state index contributed by atoms with van der Waals surface area (Å²) in [5, 5.41) is 0. The fraction of sp³-hybridized carbons (Fsp3) is 0.250. The Labute approximate surface area is 71.0 Å². The summed E-state index contributed by atoms with van der Waals surface area (Å²) in [7, 11) is -3.08. The maximum absolute atomic E-state index is 12.5. The lowest BCUT2D eigenvalue weighted by atomic mass is 10.2. The molecule has 2 nitrogen and oxygen atoms in total. The van der Waals surface area contributed by atoms with Crippen LogP contribution in [0.15, 0.2) is 18.2 Å². The predicted octanol–water partition coefficient (Wildman–Crippen LogP) is 1.17. The molecule has 1 rings (SSSR count). The average molecular weight is 187 g/mol. The minimum absolute atomic E-state index is 0.138. The van der Waals surface area contributed by atoms with Gasteiger partial charge in [-0.15, -0.1) is 0 Å². The Kier molecular flexibility index (Phi) is 2.47. The van der Waals surface area contributed by atoms with Crippen LogP contribution in [0, 0.1) is 11.9 Å². The Morgan fingerprint density at radius 1 is 1.50 bits per heavy atom. The van der Waals surface area contributed by atoms with Crippen LogP contribution in [0.4, 0.5) is 4.39 Å². The molecule has 0 saturated carbocycles. The van der Waals surface area contributed by atoms with Gasteiger partial charge in [0.05, 0.1) is 5.75 Å². The van der Waals surface area contributed by atoms with Crippen LogP contribution in [0.1, 0.15) is 5.56 Å². The third-order valence-electron chi connectivity index (χ3n) is 1.24. The van der Waals surface area contributed by atoms with Gasteiger partial charge >= 0.3 is 0 Å². The number of sulfone groups is 1. The molecule has 0 unspecified atom stereocenters. The van der Waals surface area contributed by atoms with Crippen molar-refractivity contribution in [2.24, 2.45) is 0 Å². The van der Waals surface area contributed by atoms with Crippen molar-refractivity contribution >= 4 is 9.84 Å². The van der Waals surface area contributed by atoms with Crippen LogP contribution < -0.4 is 0 Å². The van der Waals surface area contributed by atoms with Crippen LogP contribution in [0.2, 0.25) is 0 Å². The summed E-state index contributed by atoms with van der Waals surface area (Å²) in [4.78, 5) is 0. The maximum atomic E-state index is 12.5. The van der Waals surface area contributed by atoms with Crippen molar-refractivity contribution in [2.45, 2.75) is 5.75 Å². The van der Waals surface area contributed by atoms with E-state index < -0.39 is 15.7 Å². The summed E-state index contributed by atoms with van der Waals surface area (Å²) in [6.07, 6.45) is 1.11. The lowest BCUT2D eigenvalue weighted by Crippen LogP contribution is -2.00. The third-order valence-corrected chi connectivity index (χ3v) is 2.10. The molecular formula is C8H8FO2S. The second-order valence-electron chi connectivity index (χ2n) is 2.63. The molecule has 1 aromatic carbocycles. The average Bonchev–Trinajstić information content (AvgIpc) is 1.82. The van der Waals surface area contributed by atoms with Crippen molar-refractivity contribution in [1.29, 1.82) is 0 Å². The van der Waals surface area contributed by atoms with Gasteiger partial charge in [0, 0.05) is 6.26 Å². The molecule has 1 radical (unpaired) electrons. The van der Waals surface area contributed by atoms with E-state index in [4.69, 9.17) is 0 Å². The molecule has 0 bridgehead atoms. The smallest absolute Gasteiger partial charge is 0.151 e. The number of halogens is 1. The van der Waals surface area contributed by atoms with Crippen molar-refractivity contribution in [2.75, 3.05) is 6.26 Å². The fourth-order valence-electron chi connectivity index (χ4n) is 0.875. The fourth-order valence-corrected chi connectivity index (χ4v) is 1.65. The Bertz CT molecular complexity index is 370. The van der Waals surface area contributed by atoms with Crippen LogP contribution in [0.3, 0.4) is 0 Å². The van der Waals surface area contributed by atoms with Gasteiger partial charge in [0.1, 0.15) is 5.82 Å². The van der Waals surface area contributed by atoms with E-state index in [1.54, 1.807) is 0 Å². The summed E-state index contributed by atoms with van der Waals surface area (Å²) < 4.78 is 34.1. The number of benzene rings is 1. The first kappa shape index (κ1) is 9.19. The van der Waals surface area contributed by atoms with Gasteiger partial charge in [-0.3, -0.25) is 0 Å². The van der Waals surface area contributed by atoms with Gasteiger partial charge < -0.3 is 0 Å². The zero-order valence-electron chi connectivity index (χ0n) is 6.54. The molecule has 0 atom stereocenters. The molecule has 0 fully saturated rings. The Morgan fingerprint density at radius 2 is 2.17 bits per heavy atom. The molecule has 0 amide bonds. The lowest BCUT2D eigenvalue weighted by Gasteiger charge is -1.97. The first-order valence-corrected chi connectivity index (χ1v) is 5.37. The van der Waals surface area contributed by atoms with Crippen LogP contribution in [0.25, 0.3) is 0 Å². The SMILES string of the molecule is CS(=O)(=O)Cc1c[c]cc(F)c1. The molecule has 0 spiro atoms. The standard InChI is InChI=1S/C8H8FO2S/c1-12(10,11)6-7-3-2-4-8(9)5-7/h3-5H,6H2,1H3. The van der Waals surface area contributed by atoms with E-state index in [2.05, 4.69) is 6.07 Å². The van der Waals surface area contributed by atoms with Gasteiger partial charge in [-0.1, -0.05) is 0 Å². The highest BCUT2D eigenvalue weighted by molar-refractivity contribution is 7.89. The monoisotopic (exact) mass is 187 g/mol. The Balaban J connectivity index is 2.91. The molecule has 0 aliphatic rings. The Morgan fingerprint density at radius 3 is 2.67 bits per heavy atom. The van der Waals surface area contributed by atoms with E-state index in [-0.39, 0.29) is 5.75 Å². The largest absolute Gasteiger partial charge is 0.229 e. The van der Waals surface area contributed by atoms with E-state index >= 15 is 0 Å². The van der Waals surface area contributed by atoms with Gasteiger partial charge in [-0.25, -0.2) is 12.8 Å². The van der Waals surface area contributed by atoms with E-state index in [0.717, 1.165) is 12.3 Å². The second kappa shape index (κ2) is 3.23. The molecule has 12 heavy (non-hydrogen) atoms. The van der Waals surface area contributed by atoms with Crippen LogP contribution in [-0.4, -0.2) is 14.7 Å². The first-order chi connectivity index (χ1) is 5.47. The van der Waals surface area contributed by atoms with Crippen LogP contribution >= 0.6 is 0 Å². The molecule has 4 heteroatoms. The number of hydrogen-bond acceptors (Lipinski definition) is 2. The molecule has 0 N–H and O–H groups in total. The second-order valence-corrected chi connectivity index (χ2v) is 4.77. The maximum Gasteiger partial charge on any atom is 0.151 e. The lowest BCUT2D eigenvalue weighted by molar-refractivity contribution is 0.600. The molecule has 0 aliphatic carbocycles. The predicted molar refractivity (Wildman–Crippen MR) is 43.8 cm³/mol. The summed E-state index contributed by atoms with van der Waals surface area (Å²) in [6, 6.07) is 6.33. The molecule has 1 aromatic rings. The minimum atomic E-state index is -3.08. The number of hydrogen-bond donors (Lipinski definition) is 0. The molecule has 0 aliphatic heterocycles. The zero-order chi connectivity index (χ0) is 9.19. The summed E-state index contributed by atoms with van der Waals surface area (Å²) in [5.41, 5.74) is 0.428. The van der Waals surface area contributed by atoms with Crippen LogP contribution in [-0.2, 0) is 15.6 Å². The topological polar surface area (TPSA) is 34.1 Å². The van der Waals surface area contributed by atoms with Gasteiger partial charge in [0.2, 0.25) is 0 Å². The van der Waals surface area contributed by atoms with E-state index in [1.165, 1.54) is 12.1 Å². The highest BCUT2D eigenvalue weighted by Crippen LogP contribution is 2.06. The summed E-state index contributed by atoms with van der Waals surface area (Å²) >= 11 is 0. The molecular weight excluding hydrogens is 179 g/mol. The van der Waals surface area contributed by atoms with Crippen LogP contribution in [0.5, 0.6) is 0 Å². The normalized spacial score (nSPS) is 11.5. The highest BCUT2D eigenvalue weighted by atomic mass is 32.2. The highest BCUT2D eigenvalue weighted by Gasteiger charge is 2.04. The summed E-state index contributed by atoms with van der Waals surface area (Å²) in [6.45, 7) is 0. The number of rotatable bonds is 2. The van der Waals surface area contributed by atoms with E-state index in [1.807, 2.05) is 0 Å². The molecule has 0 aromatic heterocycles. The summed E-state index contributed by atoms with van der Waals surface area (Å²) in [5.74, 6) is -0.600. The van der Waals surface area contributed by atoms with Gasteiger partial charge in [0.15, 0.2) is 9.84 Å². The quantitative estimate of drug-likeness (QED) is 0.696. The van der Waals surface area contributed by atoms with Crippen molar-refractivity contribution in [3.05, 3.63) is 35.6 Å². The van der Waals surface area contributed by atoms with Gasteiger partial charge in [-0.2, -0.15) is 0 Å². The molecule has 0 saturated heterocycles. The minimum Gasteiger partial charge on any atom is -0.229 e. The van der Waals surface area contributed by atoms with Crippen molar-refractivity contribution < 1.29 is 12.8 Å². The Hall–Kier alpha value is -0.900. The molecule has 65 valence electrons. The van der Waals surface area contributed by atoms with Crippen molar-refractivity contribution in [3.8, 4) is 0 Å².